The number of aromatic nitrogens is 1. The summed E-state index contributed by atoms with van der Waals surface area (Å²) in [6.07, 6.45) is 0.636. The molecule has 0 unspecified atom stereocenters. The van der Waals surface area contributed by atoms with Crippen molar-refractivity contribution in [3.8, 4) is 22.8 Å². The van der Waals surface area contributed by atoms with E-state index in [1.165, 1.54) is 21.9 Å². The molecule has 0 aliphatic carbocycles. The Balaban J connectivity index is 1.97. The first-order valence-electron chi connectivity index (χ1n) is 9.94. The van der Waals surface area contributed by atoms with Gasteiger partial charge in [0.1, 0.15) is 12.8 Å². The van der Waals surface area contributed by atoms with E-state index in [9.17, 15) is 0 Å². The Hall–Kier alpha value is -3.38. The summed E-state index contributed by atoms with van der Waals surface area (Å²) in [5, 5.41) is 3.50. The molecule has 0 atom stereocenters. The molecule has 0 bridgehead atoms. The third kappa shape index (κ3) is 2.53. The van der Waals surface area contributed by atoms with Crippen LogP contribution in [0.25, 0.3) is 37.8 Å². The molecule has 29 heavy (non-hydrogen) atoms. The van der Waals surface area contributed by atoms with Crippen LogP contribution >= 0.6 is 0 Å². The summed E-state index contributed by atoms with van der Waals surface area (Å²) in [5.74, 6) is 1.78. The molecule has 0 fully saturated rings. The van der Waals surface area contributed by atoms with E-state index in [0.717, 1.165) is 33.7 Å². The van der Waals surface area contributed by atoms with Crippen LogP contribution in [-0.2, 0) is 13.5 Å². The zero-order chi connectivity index (χ0) is 20.3. The number of nitrogens with zero attached hydrogens (tertiary/aromatic N) is 2. The number of benzene rings is 3. The van der Waals surface area contributed by atoms with Crippen LogP contribution in [0.4, 0.5) is 0 Å². The van der Waals surface area contributed by atoms with Gasteiger partial charge in [-0.15, -0.1) is 0 Å². The van der Waals surface area contributed by atoms with Gasteiger partial charge < -0.3 is 9.58 Å². The van der Waals surface area contributed by atoms with Gasteiger partial charge in [0, 0.05) is 30.9 Å². The summed E-state index contributed by atoms with van der Waals surface area (Å²) in [6, 6.07) is 19.0. The fourth-order valence-electron chi connectivity index (χ4n) is 4.55. The zero-order valence-electron chi connectivity index (χ0n) is 17.2. The SMILES string of the molecule is [C-]#[N+]C(C)(C)Cc1c2c([n+](C)c3ccccc13)-c1c(C)ccc3cccc(c13)O2. The van der Waals surface area contributed by atoms with E-state index in [2.05, 4.69) is 65.8 Å². The van der Waals surface area contributed by atoms with Crippen LogP contribution in [0.15, 0.2) is 54.6 Å². The quantitative estimate of drug-likeness (QED) is 0.266. The van der Waals surface area contributed by atoms with Gasteiger partial charge in [0.2, 0.25) is 16.8 Å². The number of pyridine rings is 1. The monoisotopic (exact) mass is 379 g/mol. The first-order chi connectivity index (χ1) is 13.9. The molecule has 2 heterocycles. The van der Waals surface area contributed by atoms with E-state index in [-0.39, 0.29) is 0 Å². The van der Waals surface area contributed by atoms with Crippen molar-refractivity contribution in [2.45, 2.75) is 32.7 Å². The number of hydrogen-bond acceptors (Lipinski definition) is 1. The topological polar surface area (TPSA) is 17.5 Å². The van der Waals surface area contributed by atoms with Crippen molar-refractivity contribution in [2.24, 2.45) is 7.05 Å². The van der Waals surface area contributed by atoms with Crippen molar-refractivity contribution in [2.75, 3.05) is 0 Å². The Kier molecular flexibility index (Phi) is 3.70. The second-order valence-electron chi connectivity index (χ2n) is 8.55. The van der Waals surface area contributed by atoms with Crippen LogP contribution in [-0.4, -0.2) is 5.54 Å². The third-order valence-corrected chi connectivity index (χ3v) is 5.99. The van der Waals surface area contributed by atoms with Gasteiger partial charge in [-0.2, -0.15) is 4.57 Å². The fourth-order valence-corrected chi connectivity index (χ4v) is 4.55. The van der Waals surface area contributed by atoms with Gasteiger partial charge >= 0.3 is 0 Å². The molecular weight excluding hydrogens is 356 g/mol. The number of ether oxygens (including phenoxy) is 1. The van der Waals surface area contributed by atoms with E-state index in [1.54, 1.807) is 0 Å². The Bertz CT molecular complexity index is 1360. The van der Waals surface area contributed by atoms with Crippen molar-refractivity contribution in [3.05, 3.63) is 77.1 Å². The Morgan fingerprint density at radius 3 is 2.62 bits per heavy atom. The van der Waals surface area contributed by atoms with E-state index in [0.29, 0.717) is 6.42 Å². The largest absolute Gasteiger partial charge is 0.449 e. The third-order valence-electron chi connectivity index (χ3n) is 5.99. The molecular formula is C26H23N2O+. The standard InChI is InChI=1S/C26H23N2O/c1-16-13-14-17-9-8-12-21-23(17)22(16)24-25(29-21)19(15-26(2,3)27-4)18-10-6-7-11-20(18)28(24)5/h6-14H,15H2,1-3,5H3/q+1. The molecule has 5 rings (SSSR count). The smallest absolute Gasteiger partial charge is 0.257 e. The van der Waals surface area contributed by atoms with E-state index in [4.69, 9.17) is 11.3 Å². The highest BCUT2D eigenvalue weighted by Gasteiger charge is 2.36. The lowest BCUT2D eigenvalue weighted by molar-refractivity contribution is -0.633. The number of aryl methyl sites for hydroxylation is 2. The van der Waals surface area contributed by atoms with Gasteiger partial charge in [0.25, 0.3) is 5.69 Å². The Morgan fingerprint density at radius 2 is 1.83 bits per heavy atom. The number of fused-ring (bicyclic) bond motifs is 3. The first-order valence-corrected chi connectivity index (χ1v) is 9.94. The van der Waals surface area contributed by atoms with Gasteiger partial charge in [0.15, 0.2) is 0 Å². The lowest BCUT2D eigenvalue weighted by Gasteiger charge is -2.24. The average molecular weight is 379 g/mol. The summed E-state index contributed by atoms with van der Waals surface area (Å²) in [5.41, 5.74) is 5.33. The maximum absolute atomic E-state index is 7.67. The summed E-state index contributed by atoms with van der Waals surface area (Å²) >= 11 is 0. The van der Waals surface area contributed by atoms with Gasteiger partial charge in [-0.1, -0.05) is 36.4 Å². The van der Waals surface area contributed by atoms with Crippen LogP contribution in [0.3, 0.4) is 0 Å². The maximum Gasteiger partial charge on any atom is 0.257 e. The van der Waals surface area contributed by atoms with Gasteiger partial charge in [-0.05, 0) is 30.0 Å². The van der Waals surface area contributed by atoms with Gasteiger partial charge in [0.05, 0.1) is 17.4 Å². The molecule has 0 spiro atoms. The minimum atomic E-state index is -0.502. The Labute approximate surface area is 171 Å². The van der Waals surface area contributed by atoms with Crippen molar-refractivity contribution in [1.82, 2.24) is 0 Å². The van der Waals surface area contributed by atoms with Gasteiger partial charge in [-0.3, -0.25) is 0 Å². The maximum atomic E-state index is 7.67. The molecule has 142 valence electrons. The molecule has 0 amide bonds. The molecule has 1 aromatic heterocycles. The molecule has 0 radical (unpaired) electrons. The first kappa shape index (κ1) is 17.7. The highest BCUT2D eigenvalue weighted by Crippen LogP contribution is 2.49. The summed E-state index contributed by atoms with van der Waals surface area (Å²) in [7, 11) is 2.11. The predicted octanol–water partition coefficient (Wildman–Crippen LogP) is 6.14. The van der Waals surface area contributed by atoms with Crippen LogP contribution < -0.4 is 9.30 Å². The Morgan fingerprint density at radius 1 is 1.03 bits per heavy atom. The van der Waals surface area contributed by atoms with Gasteiger partial charge in [-0.25, -0.2) is 6.57 Å². The summed E-state index contributed by atoms with van der Waals surface area (Å²) in [4.78, 5) is 3.88. The van der Waals surface area contributed by atoms with E-state index in [1.807, 2.05) is 26.0 Å². The highest BCUT2D eigenvalue weighted by molar-refractivity contribution is 6.05. The lowest BCUT2D eigenvalue weighted by atomic mass is 9.88. The summed E-state index contributed by atoms with van der Waals surface area (Å²) < 4.78 is 8.84. The molecule has 1 aliphatic rings. The normalized spacial score (nSPS) is 12.5. The van der Waals surface area contributed by atoms with Crippen LogP contribution in [0.1, 0.15) is 25.0 Å². The average Bonchev–Trinajstić information content (AvgIpc) is 2.73. The molecule has 3 aromatic carbocycles. The van der Waals surface area contributed by atoms with Crippen LogP contribution in [0, 0.1) is 13.5 Å². The lowest BCUT2D eigenvalue weighted by Crippen LogP contribution is -2.35. The molecule has 4 aromatic rings. The van der Waals surface area contributed by atoms with E-state index >= 15 is 0 Å². The van der Waals surface area contributed by atoms with Crippen molar-refractivity contribution in [3.63, 3.8) is 0 Å². The summed E-state index contributed by atoms with van der Waals surface area (Å²) in [6.45, 7) is 13.8. The zero-order valence-corrected chi connectivity index (χ0v) is 17.2. The van der Waals surface area contributed by atoms with E-state index < -0.39 is 5.54 Å². The van der Waals surface area contributed by atoms with Crippen LogP contribution in [0.2, 0.25) is 0 Å². The number of hydrogen-bond donors (Lipinski definition) is 0. The minimum Gasteiger partial charge on any atom is -0.449 e. The predicted molar refractivity (Wildman–Crippen MR) is 117 cm³/mol. The molecule has 1 aliphatic heterocycles. The molecule has 3 nitrogen and oxygen atoms in total. The second-order valence-corrected chi connectivity index (χ2v) is 8.55. The van der Waals surface area contributed by atoms with Crippen molar-refractivity contribution >= 4 is 21.7 Å². The fraction of sp³-hybridized carbons (Fsp3) is 0.231. The molecule has 0 N–H and O–H groups in total. The number of rotatable bonds is 2. The second kappa shape index (κ2) is 6.06. The van der Waals surface area contributed by atoms with Crippen molar-refractivity contribution in [1.29, 1.82) is 0 Å². The van der Waals surface area contributed by atoms with Crippen molar-refractivity contribution < 1.29 is 9.30 Å². The van der Waals surface area contributed by atoms with Crippen LogP contribution in [0.5, 0.6) is 11.5 Å². The molecule has 3 heteroatoms. The minimum absolute atomic E-state index is 0.502. The highest BCUT2D eigenvalue weighted by atomic mass is 16.5. The number of para-hydroxylation sites is 1. The molecule has 0 saturated heterocycles. The molecule has 0 saturated carbocycles.